The molecular formula is C23H46. The molecule has 138 valence electrons. The van der Waals surface area contributed by atoms with Gasteiger partial charge in [-0.1, -0.05) is 117 Å². The second kappa shape index (κ2) is 18.1. The number of allylic oxidation sites excluding steroid dienone is 2. The largest absolute Gasteiger partial charge is 0.0885 e. The third kappa shape index (κ3) is 16.4. The van der Waals surface area contributed by atoms with Crippen molar-refractivity contribution in [3.05, 3.63) is 12.2 Å². The lowest BCUT2D eigenvalue weighted by molar-refractivity contribution is 0.314. The summed E-state index contributed by atoms with van der Waals surface area (Å²) in [5, 5.41) is 0. The molecular weight excluding hydrogens is 276 g/mol. The monoisotopic (exact) mass is 322 g/mol. The van der Waals surface area contributed by atoms with E-state index >= 15 is 0 Å². The van der Waals surface area contributed by atoms with Gasteiger partial charge in [-0.25, -0.2) is 0 Å². The summed E-state index contributed by atoms with van der Waals surface area (Å²) in [4.78, 5) is 0. The fraction of sp³-hybridized carbons (Fsp3) is 0.913. The van der Waals surface area contributed by atoms with Crippen LogP contribution in [0.2, 0.25) is 0 Å². The molecule has 0 aromatic rings. The maximum Gasteiger partial charge on any atom is -0.0351 e. The molecule has 0 aliphatic heterocycles. The van der Waals surface area contributed by atoms with Gasteiger partial charge in [-0.2, -0.15) is 0 Å². The van der Waals surface area contributed by atoms with Gasteiger partial charge in [0.25, 0.3) is 0 Å². The Labute approximate surface area is 148 Å². The first-order chi connectivity index (χ1) is 11.2. The van der Waals surface area contributed by atoms with E-state index in [-0.39, 0.29) is 0 Å². The first-order valence-corrected chi connectivity index (χ1v) is 10.9. The summed E-state index contributed by atoms with van der Waals surface area (Å²) in [6.45, 7) is 9.41. The van der Waals surface area contributed by atoms with Gasteiger partial charge in [0, 0.05) is 0 Å². The van der Waals surface area contributed by atoms with E-state index in [1.807, 2.05) is 0 Å². The molecule has 0 radical (unpaired) electrons. The Balaban J connectivity index is 3.55. The number of hydrogen-bond donors (Lipinski definition) is 0. The minimum atomic E-state index is 0.871. The standard InChI is InChI=1S/C23H46/c1-5-7-9-11-13-15-17-19-21-23(22(3)4)20-18-16-14-12-10-8-6-2/h10,12,22-23H,5-9,11,13-21H2,1-4H3/b12-10+. The van der Waals surface area contributed by atoms with Crippen LogP contribution in [0.4, 0.5) is 0 Å². The molecule has 0 aliphatic carbocycles. The van der Waals surface area contributed by atoms with Gasteiger partial charge in [0.2, 0.25) is 0 Å². The van der Waals surface area contributed by atoms with Crippen molar-refractivity contribution >= 4 is 0 Å². The van der Waals surface area contributed by atoms with Crippen molar-refractivity contribution < 1.29 is 0 Å². The highest BCUT2D eigenvalue weighted by Crippen LogP contribution is 2.25. The lowest BCUT2D eigenvalue weighted by Crippen LogP contribution is -2.08. The lowest BCUT2D eigenvalue weighted by Gasteiger charge is -2.20. The van der Waals surface area contributed by atoms with E-state index in [9.17, 15) is 0 Å². The molecule has 0 saturated carbocycles. The van der Waals surface area contributed by atoms with E-state index in [0.29, 0.717) is 0 Å². The Bertz CT molecular complexity index is 238. The fourth-order valence-electron chi connectivity index (χ4n) is 3.42. The number of unbranched alkanes of at least 4 members (excludes halogenated alkanes) is 10. The van der Waals surface area contributed by atoms with Crippen LogP contribution in [0.15, 0.2) is 12.2 Å². The highest BCUT2D eigenvalue weighted by molar-refractivity contribution is 4.80. The van der Waals surface area contributed by atoms with Crippen molar-refractivity contribution in [2.24, 2.45) is 11.8 Å². The van der Waals surface area contributed by atoms with Gasteiger partial charge in [-0.3, -0.25) is 0 Å². The van der Waals surface area contributed by atoms with E-state index in [1.165, 1.54) is 96.3 Å². The Morgan fingerprint density at radius 2 is 1.09 bits per heavy atom. The van der Waals surface area contributed by atoms with Crippen LogP contribution in [0.5, 0.6) is 0 Å². The second-order valence-corrected chi connectivity index (χ2v) is 7.81. The van der Waals surface area contributed by atoms with Crippen LogP contribution >= 0.6 is 0 Å². The van der Waals surface area contributed by atoms with Crippen molar-refractivity contribution in [3.8, 4) is 0 Å². The average Bonchev–Trinajstić information content (AvgIpc) is 2.54. The van der Waals surface area contributed by atoms with Crippen LogP contribution in [0.25, 0.3) is 0 Å². The fourth-order valence-corrected chi connectivity index (χ4v) is 3.42. The number of rotatable bonds is 17. The van der Waals surface area contributed by atoms with Gasteiger partial charge in [0.15, 0.2) is 0 Å². The van der Waals surface area contributed by atoms with E-state index < -0.39 is 0 Å². The highest BCUT2D eigenvalue weighted by atomic mass is 14.2. The smallest absolute Gasteiger partial charge is 0.0351 e. The van der Waals surface area contributed by atoms with E-state index in [0.717, 1.165) is 11.8 Å². The zero-order chi connectivity index (χ0) is 17.2. The van der Waals surface area contributed by atoms with Crippen molar-refractivity contribution in [3.63, 3.8) is 0 Å². The van der Waals surface area contributed by atoms with Crippen molar-refractivity contribution in [2.45, 2.75) is 124 Å². The lowest BCUT2D eigenvalue weighted by atomic mass is 9.86. The van der Waals surface area contributed by atoms with E-state index in [4.69, 9.17) is 0 Å². The summed E-state index contributed by atoms with van der Waals surface area (Å²) >= 11 is 0. The third-order valence-electron chi connectivity index (χ3n) is 5.19. The summed E-state index contributed by atoms with van der Waals surface area (Å²) in [5.74, 6) is 1.84. The second-order valence-electron chi connectivity index (χ2n) is 7.81. The summed E-state index contributed by atoms with van der Waals surface area (Å²) in [6, 6.07) is 0. The topological polar surface area (TPSA) is 0 Å². The molecule has 0 aromatic heterocycles. The first-order valence-electron chi connectivity index (χ1n) is 10.9. The number of hydrogen-bond acceptors (Lipinski definition) is 0. The Kier molecular flexibility index (Phi) is 17.9. The SMILES string of the molecule is CCC/C=C/CCCCC(CCCCCCCCCC)C(C)C. The van der Waals surface area contributed by atoms with Gasteiger partial charge in [0.1, 0.15) is 0 Å². The van der Waals surface area contributed by atoms with Crippen molar-refractivity contribution in [1.29, 1.82) is 0 Å². The molecule has 1 unspecified atom stereocenters. The van der Waals surface area contributed by atoms with Gasteiger partial charge in [-0.05, 0) is 31.1 Å². The van der Waals surface area contributed by atoms with Crippen LogP contribution in [0, 0.1) is 11.8 Å². The molecule has 0 heteroatoms. The average molecular weight is 323 g/mol. The molecule has 0 fully saturated rings. The van der Waals surface area contributed by atoms with Crippen LogP contribution in [-0.2, 0) is 0 Å². The minimum absolute atomic E-state index is 0.871. The van der Waals surface area contributed by atoms with Crippen LogP contribution in [0.3, 0.4) is 0 Å². The molecule has 0 aliphatic rings. The minimum Gasteiger partial charge on any atom is -0.0885 e. The van der Waals surface area contributed by atoms with E-state index in [2.05, 4.69) is 39.8 Å². The Morgan fingerprint density at radius 3 is 1.65 bits per heavy atom. The first kappa shape index (κ1) is 22.7. The molecule has 0 bridgehead atoms. The van der Waals surface area contributed by atoms with Gasteiger partial charge in [-0.15, -0.1) is 0 Å². The molecule has 0 saturated heterocycles. The van der Waals surface area contributed by atoms with Gasteiger partial charge >= 0.3 is 0 Å². The highest BCUT2D eigenvalue weighted by Gasteiger charge is 2.12. The van der Waals surface area contributed by atoms with Gasteiger partial charge < -0.3 is 0 Å². The maximum atomic E-state index is 2.43. The molecule has 0 N–H and O–H groups in total. The summed E-state index contributed by atoms with van der Waals surface area (Å²) in [5.41, 5.74) is 0. The third-order valence-corrected chi connectivity index (χ3v) is 5.19. The summed E-state index contributed by atoms with van der Waals surface area (Å²) < 4.78 is 0. The molecule has 0 heterocycles. The predicted molar refractivity (Wildman–Crippen MR) is 108 cm³/mol. The zero-order valence-corrected chi connectivity index (χ0v) is 16.9. The summed E-state index contributed by atoms with van der Waals surface area (Å²) in [7, 11) is 0. The molecule has 0 spiro atoms. The molecule has 1 atom stereocenters. The Hall–Kier alpha value is -0.260. The molecule has 0 nitrogen and oxygen atoms in total. The van der Waals surface area contributed by atoms with Gasteiger partial charge in [0.05, 0.1) is 0 Å². The molecule has 0 aromatic carbocycles. The summed E-state index contributed by atoms with van der Waals surface area (Å²) in [6.07, 6.45) is 25.9. The molecule has 0 rings (SSSR count). The van der Waals surface area contributed by atoms with Crippen LogP contribution in [0.1, 0.15) is 124 Å². The maximum absolute atomic E-state index is 2.43. The zero-order valence-electron chi connectivity index (χ0n) is 16.9. The van der Waals surface area contributed by atoms with Crippen molar-refractivity contribution in [1.82, 2.24) is 0 Å². The normalized spacial score (nSPS) is 13.3. The van der Waals surface area contributed by atoms with E-state index in [1.54, 1.807) is 0 Å². The molecule has 0 amide bonds. The predicted octanol–water partition coefficient (Wildman–Crippen LogP) is 8.71. The van der Waals surface area contributed by atoms with Crippen LogP contribution in [-0.4, -0.2) is 0 Å². The molecule has 23 heavy (non-hydrogen) atoms. The van der Waals surface area contributed by atoms with Crippen molar-refractivity contribution in [2.75, 3.05) is 0 Å². The van der Waals surface area contributed by atoms with Crippen LogP contribution < -0.4 is 0 Å². The quantitative estimate of drug-likeness (QED) is 0.185. The Morgan fingerprint density at radius 1 is 0.565 bits per heavy atom.